The van der Waals surface area contributed by atoms with Crippen molar-refractivity contribution in [3.63, 3.8) is 0 Å². The van der Waals surface area contributed by atoms with E-state index in [0.717, 1.165) is 24.2 Å². The molecule has 2 bridgehead atoms. The van der Waals surface area contributed by atoms with E-state index in [4.69, 9.17) is 4.74 Å². The number of rotatable bonds is 5. The summed E-state index contributed by atoms with van der Waals surface area (Å²) >= 11 is 0. The van der Waals surface area contributed by atoms with Gasteiger partial charge < -0.3 is 4.74 Å². The van der Waals surface area contributed by atoms with E-state index >= 15 is 0 Å². The Morgan fingerprint density at radius 2 is 1.73 bits per heavy atom. The molecule has 2 saturated carbocycles. The van der Waals surface area contributed by atoms with Crippen molar-refractivity contribution in [3.05, 3.63) is 0 Å². The van der Waals surface area contributed by atoms with Crippen LogP contribution >= 0.6 is 0 Å². The van der Waals surface area contributed by atoms with Crippen LogP contribution in [0.2, 0.25) is 0 Å². The molecule has 0 radical (unpaired) electrons. The van der Waals surface area contributed by atoms with E-state index in [-0.39, 0.29) is 29.7 Å². The van der Waals surface area contributed by atoms with Crippen LogP contribution in [0.15, 0.2) is 0 Å². The number of ether oxygens (including phenoxy) is 1. The highest BCUT2D eigenvalue weighted by molar-refractivity contribution is 5.99. The summed E-state index contributed by atoms with van der Waals surface area (Å²) in [4.78, 5) is 24.8. The highest BCUT2D eigenvalue weighted by Crippen LogP contribution is 2.66. The number of hydrogen-bond acceptors (Lipinski definition) is 3. The molecule has 30 heavy (non-hydrogen) atoms. The minimum absolute atomic E-state index is 0.0398. The van der Waals surface area contributed by atoms with Gasteiger partial charge in [-0.3, -0.25) is 9.59 Å². The van der Waals surface area contributed by atoms with Crippen molar-refractivity contribution >= 4 is 11.6 Å². The van der Waals surface area contributed by atoms with Crippen LogP contribution in [0.5, 0.6) is 0 Å². The first kappa shape index (κ1) is 22.5. The van der Waals surface area contributed by atoms with Gasteiger partial charge >= 0.3 is 0 Å². The van der Waals surface area contributed by atoms with Crippen molar-refractivity contribution in [2.24, 2.45) is 40.9 Å². The van der Waals surface area contributed by atoms with Gasteiger partial charge in [-0.25, -0.2) is 0 Å². The maximum atomic E-state index is 12.6. The van der Waals surface area contributed by atoms with E-state index in [0.29, 0.717) is 36.0 Å². The lowest BCUT2D eigenvalue weighted by Crippen LogP contribution is -2.47. The molecule has 2 aliphatic carbocycles. The SMILES string of the molecule is CC(C)CCC[C@@H](C)[C@H]1CC[C@H]2[C@@H]3[C@H]4CC(=O)CC(=O)CC[C@@](C)(O4)[C@H]3CC[C@]12C. The van der Waals surface area contributed by atoms with Crippen LogP contribution in [0.4, 0.5) is 0 Å². The Hall–Kier alpha value is -0.700. The Morgan fingerprint density at radius 3 is 2.47 bits per heavy atom. The molecule has 4 fully saturated rings. The molecular weight excluding hydrogens is 372 g/mol. The molecule has 8 atom stereocenters. The third-order valence-corrected chi connectivity index (χ3v) is 9.89. The zero-order valence-corrected chi connectivity index (χ0v) is 20.0. The molecule has 4 aliphatic rings. The van der Waals surface area contributed by atoms with Gasteiger partial charge in [0, 0.05) is 12.8 Å². The second-order valence-electron chi connectivity index (χ2n) is 12.2. The van der Waals surface area contributed by atoms with Crippen molar-refractivity contribution < 1.29 is 14.3 Å². The molecule has 0 aromatic rings. The first-order chi connectivity index (χ1) is 14.1. The predicted octanol–water partition coefficient (Wildman–Crippen LogP) is 6.38. The predicted molar refractivity (Wildman–Crippen MR) is 120 cm³/mol. The molecule has 3 nitrogen and oxygen atoms in total. The van der Waals surface area contributed by atoms with E-state index in [1.165, 1.54) is 44.9 Å². The van der Waals surface area contributed by atoms with Gasteiger partial charge in [-0.15, -0.1) is 0 Å². The van der Waals surface area contributed by atoms with Crippen molar-refractivity contribution in [1.29, 1.82) is 0 Å². The number of carbonyl (C=O) groups excluding carboxylic acids is 2. The summed E-state index contributed by atoms with van der Waals surface area (Å²) in [5, 5.41) is 0. The molecule has 170 valence electrons. The lowest BCUT2D eigenvalue weighted by atomic mass is 9.53. The number of ketones is 2. The van der Waals surface area contributed by atoms with Crippen LogP contribution in [-0.2, 0) is 14.3 Å². The van der Waals surface area contributed by atoms with Gasteiger partial charge in [-0.05, 0) is 80.0 Å². The molecule has 0 aromatic heterocycles. The molecule has 0 N–H and O–H groups in total. The highest BCUT2D eigenvalue weighted by Gasteiger charge is 2.63. The molecule has 2 aliphatic heterocycles. The summed E-state index contributed by atoms with van der Waals surface area (Å²) in [7, 11) is 0. The number of carbonyl (C=O) groups is 2. The second kappa shape index (κ2) is 8.34. The lowest BCUT2D eigenvalue weighted by molar-refractivity contribution is -0.128. The minimum atomic E-state index is -0.210. The molecule has 3 heteroatoms. The zero-order valence-electron chi connectivity index (χ0n) is 20.0. The Kier molecular flexibility index (Phi) is 6.25. The summed E-state index contributed by atoms with van der Waals surface area (Å²) < 4.78 is 6.70. The van der Waals surface area contributed by atoms with Crippen molar-refractivity contribution in [2.45, 2.75) is 117 Å². The maximum Gasteiger partial charge on any atom is 0.142 e. The molecule has 4 rings (SSSR count). The molecule has 2 heterocycles. The fourth-order valence-electron chi connectivity index (χ4n) is 8.38. The van der Waals surface area contributed by atoms with E-state index in [1.807, 2.05) is 0 Å². The summed E-state index contributed by atoms with van der Waals surface area (Å²) in [5.74, 6) is 4.35. The van der Waals surface area contributed by atoms with Gasteiger partial charge in [0.15, 0.2) is 0 Å². The van der Waals surface area contributed by atoms with Crippen LogP contribution in [0.25, 0.3) is 0 Å². The van der Waals surface area contributed by atoms with Crippen LogP contribution in [0.1, 0.15) is 105 Å². The molecular formula is C27H44O3. The Labute approximate surface area is 184 Å². The summed E-state index contributed by atoms with van der Waals surface area (Å²) in [6.07, 6.45) is 11.2. The first-order valence-corrected chi connectivity index (χ1v) is 12.9. The van der Waals surface area contributed by atoms with E-state index in [2.05, 4.69) is 34.6 Å². The summed E-state index contributed by atoms with van der Waals surface area (Å²) in [5.41, 5.74) is 0.187. The molecule has 0 aromatic carbocycles. The average Bonchev–Trinajstić information content (AvgIpc) is 3.15. The normalized spacial score (nSPS) is 44.9. The molecule has 0 amide bonds. The van der Waals surface area contributed by atoms with Crippen LogP contribution < -0.4 is 0 Å². The summed E-state index contributed by atoms with van der Waals surface area (Å²) in [6.45, 7) is 12.0. The Bertz CT molecular complexity index is 669. The second-order valence-corrected chi connectivity index (χ2v) is 12.2. The van der Waals surface area contributed by atoms with Crippen LogP contribution in [-0.4, -0.2) is 23.3 Å². The van der Waals surface area contributed by atoms with Crippen LogP contribution in [0.3, 0.4) is 0 Å². The smallest absolute Gasteiger partial charge is 0.142 e. The topological polar surface area (TPSA) is 43.4 Å². The average molecular weight is 417 g/mol. The molecule has 0 unspecified atom stereocenters. The van der Waals surface area contributed by atoms with Gasteiger partial charge in [0.1, 0.15) is 11.6 Å². The van der Waals surface area contributed by atoms with Crippen molar-refractivity contribution in [2.75, 3.05) is 0 Å². The van der Waals surface area contributed by atoms with Crippen LogP contribution in [0, 0.1) is 40.9 Å². The third kappa shape index (κ3) is 3.93. The van der Waals surface area contributed by atoms with Gasteiger partial charge in [-0.2, -0.15) is 0 Å². The van der Waals surface area contributed by atoms with E-state index in [1.54, 1.807) is 0 Å². The molecule has 0 spiro atoms. The largest absolute Gasteiger partial charge is 0.371 e. The lowest BCUT2D eigenvalue weighted by Gasteiger charge is -2.50. The first-order valence-electron chi connectivity index (χ1n) is 12.9. The van der Waals surface area contributed by atoms with Crippen molar-refractivity contribution in [3.8, 4) is 0 Å². The van der Waals surface area contributed by atoms with Gasteiger partial charge in [0.05, 0.1) is 18.1 Å². The monoisotopic (exact) mass is 416 g/mol. The number of hydrogen-bond donors (Lipinski definition) is 0. The number of fused-ring (bicyclic) bond motifs is 7. The van der Waals surface area contributed by atoms with Gasteiger partial charge in [0.25, 0.3) is 0 Å². The Morgan fingerprint density at radius 1 is 0.967 bits per heavy atom. The fourth-order valence-corrected chi connectivity index (χ4v) is 8.38. The minimum Gasteiger partial charge on any atom is -0.371 e. The van der Waals surface area contributed by atoms with Gasteiger partial charge in [-0.1, -0.05) is 47.0 Å². The van der Waals surface area contributed by atoms with E-state index in [9.17, 15) is 9.59 Å². The Balaban J connectivity index is 1.53. The van der Waals surface area contributed by atoms with E-state index < -0.39 is 0 Å². The zero-order chi connectivity index (χ0) is 21.7. The fraction of sp³-hybridized carbons (Fsp3) is 0.926. The van der Waals surface area contributed by atoms with Gasteiger partial charge in [0.2, 0.25) is 0 Å². The quantitative estimate of drug-likeness (QED) is 0.489. The maximum absolute atomic E-state index is 12.6. The standard InChI is InChI=1S/C27H44O3/c1-17(2)7-6-8-18(3)21-9-10-22-25-23(12-13-26(21,22)4)27(5)14-11-19(28)15-20(29)16-24(25)30-27/h17-18,21-25H,6-16H2,1-5H3/t18-,21-,22+,23+,24-,25+,26-,27-/m1/s1. The molecule has 2 saturated heterocycles. The summed E-state index contributed by atoms with van der Waals surface area (Å²) in [6, 6.07) is 0. The third-order valence-electron chi connectivity index (χ3n) is 9.89. The van der Waals surface area contributed by atoms with Crippen molar-refractivity contribution in [1.82, 2.24) is 0 Å². The highest BCUT2D eigenvalue weighted by atomic mass is 16.5. The number of Topliss-reactive ketones (excluding diaryl/α,β-unsaturated/α-hetero) is 2.